The van der Waals surface area contributed by atoms with Crippen LogP contribution in [0.25, 0.3) is 0 Å². The van der Waals surface area contributed by atoms with E-state index in [0.717, 1.165) is 12.1 Å². The van der Waals surface area contributed by atoms with Gasteiger partial charge in [-0.05, 0) is 49.2 Å². The van der Waals surface area contributed by atoms with Gasteiger partial charge < -0.3 is 4.74 Å². The lowest BCUT2D eigenvalue weighted by atomic mass is 9.95. The summed E-state index contributed by atoms with van der Waals surface area (Å²) in [5.74, 6) is -0.650. The number of nitrogens with zero attached hydrogens (tertiary/aromatic N) is 6. The Morgan fingerprint density at radius 1 is 1.16 bits per heavy atom. The molecule has 3 heterocycles. The average Bonchev–Trinajstić information content (AvgIpc) is 3.58. The number of alkyl halides is 3. The Morgan fingerprint density at radius 2 is 1.92 bits per heavy atom. The molecule has 0 bridgehead atoms. The topological polar surface area (TPSA) is 120 Å². The number of allylic oxidation sites excluding steroid dienone is 2. The van der Waals surface area contributed by atoms with Gasteiger partial charge in [-0.3, -0.25) is 15.0 Å². The first-order chi connectivity index (χ1) is 18.2. The number of hydrogen-bond donors (Lipinski definition) is 1. The number of nitrogens with one attached hydrogen (secondary N) is 1. The van der Waals surface area contributed by atoms with Gasteiger partial charge in [-0.25, -0.2) is 4.68 Å². The van der Waals surface area contributed by atoms with Crippen LogP contribution >= 0.6 is 0 Å². The van der Waals surface area contributed by atoms with Crippen molar-refractivity contribution in [2.24, 2.45) is 5.92 Å². The second-order valence-electron chi connectivity index (χ2n) is 8.86. The number of benzene rings is 2. The maximum absolute atomic E-state index is 13.5. The summed E-state index contributed by atoms with van der Waals surface area (Å²) >= 11 is 0. The van der Waals surface area contributed by atoms with E-state index in [1.807, 2.05) is 6.07 Å². The van der Waals surface area contributed by atoms with Crippen LogP contribution < -0.4 is 10.2 Å². The predicted molar refractivity (Wildman–Crippen MR) is 129 cm³/mol. The van der Waals surface area contributed by atoms with Crippen LogP contribution in [0.2, 0.25) is 0 Å². The molecule has 1 saturated heterocycles. The fraction of sp³-hybridized carbons (Fsp3) is 0.269. The third kappa shape index (κ3) is 4.46. The molecule has 2 aliphatic rings. The molecule has 0 radical (unpaired) electrons. The highest BCUT2D eigenvalue weighted by molar-refractivity contribution is 5.91. The summed E-state index contributed by atoms with van der Waals surface area (Å²) in [7, 11) is 0. The normalized spacial score (nSPS) is 19.1. The van der Waals surface area contributed by atoms with Gasteiger partial charge in [-0.15, -0.1) is 5.10 Å². The highest BCUT2D eigenvalue weighted by Crippen LogP contribution is 2.43. The molecule has 1 fully saturated rings. The van der Waals surface area contributed by atoms with E-state index in [1.54, 1.807) is 31.2 Å². The smallest absolute Gasteiger partial charge is 0.381 e. The van der Waals surface area contributed by atoms with Crippen molar-refractivity contribution < 1.29 is 22.7 Å². The van der Waals surface area contributed by atoms with Crippen molar-refractivity contribution in [3.8, 4) is 12.1 Å². The number of halogens is 3. The van der Waals surface area contributed by atoms with Gasteiger partial charge in [0.15, 0.2) is 0 Å². The molecule has 0 aliphatic carbocycles. The molecule has 0 saturated carbocycles. The Kier molecular flexibility index (Phi) is 6.35. The Hall–Kier alpha value is -4.68. The number of anilines is 3. The minimum Gasteiger partial charge on any atom is -0.381 e. The maximum Gasteiger partial charge on any atom is 0.416 e. The number of carbonyl (C=O) groups is 1. The summed E-state index contributed by atoms with van der Waals surface area (Å²) in [6.45, 7) is 2.34. The molecule has 5 rings (SSSR count). The molecular weight excluding hydrogens is 499 g/mol. The van der Waals surface area contributed by atoms with Crippen molar-refractivity contribution in [3.63, 3.8) is 0 Å². The first-order valence-electron chi connectivity index (χ1n) is 11.6. The van der Waals surface area contributed by atoms with Crippen molar-refractivity contribution in [3.05, 3.63) is 76.5 Å². The minimum absolute atomic E-state index is 0.0560. The van der Waals surface area contributed by atoms with E-state index in [1.165, 1.54) is 21.7 Å². The van der Waals surface area contributed by atoms with E-state index >= 15 is 0 Å². The van der Waals surface area contributed by atoms with Crippen LogP contribution in [0.5, 0.6) is 0 Å². The molecule has 2 aromatic carbocycles. The molecule has 9 nitrogen and oxygen atoms in total. The summed E-state index contributed by atoms with van der Waals surface area (Å²) < 4.78 is 47.2. The minimum atomic E-state index is -4.58. The number of nitriles is 2. The van der Waals surface area contributed by atoms with E-state index in [0.29, 0.717) is 29.9 Å². The molecule has 2 aliphatic heterocycles. The molecule has 3 aromatic rings. The number of fused-ring (bicyclic) bond motifs is 1. The largest absolute Gasteiger partial charge is 0.416 e. The van der Waals surface area contributed by atoms with Crippen molar-refractivity contribution in [1.29, 1.82) is 10.5 Å². The molecule has 2 atom stereocenters. The monoisotopic (exact) mass is 519 g/mol. The zero-order chi connectivity index (χ0) is 27.0. The van der Waals surface area contributed by atoms with Crippen LogP contribution in [0.1, 0.15) is 36.1 Å². The Morgan fingerprint density at radius 3 is 2.55 bits per heavy atom. The van der Waals surface area contributed by atoms with Crippen LogP contribution in [-0.4, -0.2) is 33.9 Å². The lowest BCUT2D eigenvalue weighted by molar-refractivity contribution is -0.137. The number of amides is 1. The van der Waals surface area contributed by atoms with Gasteiger partial charge in [-0.2, -0.15) is 28.7 Å². The van der Waals surface area contributed by atoms with Crippen LogP contribution in [0.15, 0.2) is 59.8 Å². The zero-order valence-corrected chi connectivity index (χ0v) is 20.0. The van der Waals surface area contributed by atoms with E-state index in [9.17, 15) is 28.5 Å². The van der Waals surface area contributed by atoms with Crippen LogP contribution in [-0.2, 0) is 15.7 Å². The van der Waals surface area contributed by atoms with Crippen LogP contribution in [0.4, 0.5) is 30.8 Å². The van der Waals surface area contributed by atoms with Gasteiger partial charge in [-0.1, -0.05) is 18.2 Å². The maximum atomic E-state index is 13.5. The Balaban J connectivity index is 1.65. The molecule has 38 heavy (non-hydrogen) atoms. The van der Waals surface area contributed by atoms with Crippen molar-refractivity contribution >= 4 is 23.5 Å². The van der Waals surface area contributed by atoms with Gasteiger partial charge in [0.05, 0.1) is 41.4 Å². The number of hydrogen-bond acceptors (Lipinski definition) is 7. The molecule has 1 amide bonds. The van der Waals surface area contributed by atoms with Crippen molar-refractivity contribution in [1.82, 2.24) is 14.8 Å². The quantitative estimate of drug-likeness (QED) is 0.531. The molecule has 12 heteroatoms. The Labute approximate surface area is 215 Å². The fourth-order valence-corrected chi connectivity index (χ4v) is 4.56. The number of ether oxygens (including phenoxy) is 1. The van der Waals surface area contributed by atoms with Gasteiger partial charge in [0, 0.05) is 18.0 Å². The SMILES string of the molecule is CC1=C(C#N)C(c2ccc(C#N)cc2)n2nc(NC(=O)C3CCOC3)nc2N1c1cccc(C(F)(F)F)c1. The number of rotatable bonds is 4. The van der Waals surface area contributed by atoms with E-state index < -0.39 is 17.8 Å². The first kappa shape index (κ1) is 25.0. The van der Waals surface area contributed by atoms with Crippen LogP contribution in [0.3, 0.4) is 0 Å². The van der Waals surface area contributed by atoms with E-state index in [-0.39, 0.29) is 41.6 Å². The third-order valence-electron chi connectivity index (χ3n) is 6.50. The average molecular weight is 519 g/mol. The van der Waals surface area contributed by atoms with Crippen molar-refractivity contribution in [2.75, 3.05) is 23.4 Å². The lowest BCUT2D eigenvalue weighted by Crippen LogP contribution is -2.31. The first-order valence-corrected chi connectivity index (χ1v) is 11.6. The molecule has 192 valence electrons. The van der Waals surface area contributed by atoms with E-state index in [2.05, 4.69) is 21.5 Å². The zero-order valence-electron chi connectivity index (χ0n) is 20.0. The summed E-state index contributed by atoms with van der Waals surface area (Å²) in [6.07, 6.45) is -4.04. The summed E-state index contributed by atoms with van der Waals surface area (Å²) in [6, 6.07) is 14.6. The standard InChI is InChI=1S/C26H20F3N7O2/c1-15-21(13-31)22(17-7-5-16(12-30)6-8-17)36-25(33-24(34-36)32-23(37)18-9-10-38-14-18)35(15)20-4-2-3-19(11-20)26(27,28)29/h2-8,11,18,22H,9-10,14H2,1H3,(H,32,34,37). The van der Waals surface area contributed by atoms with Gasteiger partial charge in [0.1, 0.15) is 6.04 Å². The lowest BCUT2D eigenvalue weighted by Gasteiger charge is -2.34. The second-order valence-corrected chi connectivity index (χ2v) is 8.86. The molecule has 1 N–H and O–H groups in total. The highest BCUT2D eigenvalue weighted by Gasteiger charge is 2.38. The molecule has 2 unspecified atom stereocenters. The van der Waals surface area contributed by atoms with Gasteiger partial charge in [0.25, 0.3) is 5.95 Å². The van der Waals surface area contributed by atoms with Gasteiger partial charge >= 0.3 is 6.18 Å². The summed E-state index contributed by atoms with van der Waals surface area (Å²) in [4.78, 5) is 18.6. The third-order valence-corrected chi connectivity index (χ3v) is 6.50. The Bertz CT molecular complexity index is 1510. The second kappa shape index (κ2) is 9.65. The molecule has 0 spiro atoms. The van der Waals surface area contributed by atoms with Crippen LogP contribution in [0, 0.1) is 28.6 Å². The predicted octanol–water partition coefficient (Wildman–Crippen LogP) is 4.68. The van der Waals surface area contributed by atoms with Gasteiger partial charge in [0.2, 0.25) is 11.9 Å². The highest BCUT2D eigenvalue weighted by atomic mass is 19.4. The number of aromatic nitrogens is 3. The summed E-state index contributed by atoms with van der Waals surface area (Å²) in [5.41, 5.74) is 0.849. The molecular formula is C26H20F3N7O2. The van der Waals surface area contributed by atoms with E-state index in [4.69, 9.17) is 4.74 Å². The fourth-order valence-electron chi connectivity index (χ4n) is 4.56. The molecule has 1 aromatic heterocycles. The van der Waals surface area contributed by atoms with Crippen molar-refractivity contribution in [2.45, 2.75) is 25.6 Å². The summed E-state index contributed by atoms with van der Waals surface area (Å²) in [5, 5.41) is 26.5. The number of carbonyl (C=O) groups excluding carboxylic acids is 1.